The van der Waals surface area contributed by atoms with Crippen LogP contribution in [0.3, 0.4) is 0 Å². The van der Waals surface area contributed by atoms with Crippen molar-refractivity contribution in [1.82, 2.24) is 10.6 Å². The van der Waals surface area contributed by atoms with E-state index in [2.05, 4.69) is 83.4 Å². The molecule has 4 aromatic carbocycles. The van der Waals surface area contributed by atoms with Gasteiger partial charge in [-0.3, -0.25) is 14.4 Å². The summed E-state index contributed by atoms with van der Waals surface area (Å²) in [7, 11) is -2.81. The van der Waals surface area contributed by atoms with E-state index in [1.807, 2.05) is 91.9 Å². The third-order valence-electron chi connectivity index (χ3n) is 12.6. The Kier molecular flexibility index (Phi) is 15.5. The summed E-state index contributed by atoms with van der Waals surface area (Å²) in [5.41, 5.74) is 6.59. The zero-order valence-corrected chi connectivity index (χ0v) is 37.3. The predicted octanol–water partition coefficient (Wildman–Crippen LogP) is 10.7. The van der Waals surface area contributed by atoms with Crippen molar-refractivity contribution in [2.24, 2.45) is 5.92 Å². The van der Waals surface area contributed by atoms with E-state index in [-0.39, 0.29) is 53.7 Å². The quantitative estimate of drug-likeness (QED) is 0.0912. The summed E-state index contributed by atoms with van der Waals surface area (Å²) < 4.78 is 12.7. The number of carbonyl (C=O) groups excluding carboxylic acids is 4. The van der Waals surface area contributed by atoms with Gasteiger partial charge in [0.1, 0.15) is 12.6 Å². The van der Waals surface area contributed by atoms with Crippen LogP contribution >= 0.6 is 0 Å². The van der Waals surface area contributed by atoms with E-state index in [4.69, 9.17) is 9.16 Å². The molecule has 9 heteroatoms. The molecule has 5 rings (SSSR count). The molecular weight excluding hydrogens is 753 g/mol. The van der Waals surface area contributed by atoms with Crippen molar-refractivity contribution in [3.63, 3.8) is 0 Å². The van der Waals surface area contributed by atoms with Gasteiger partial charge < -0.3 is 19.8 Å². The Morgan fingerprint density at radius 1 is 0.644 bits per heavy atom. The van der Waals surface area contributed by atoms with Gasteiger partial charge in [0.25, 0.3) is 8.32 Å². The van der Waals surface area contributed by atoms with Crippen LogP contribution in [0.15, 0.2) is 109 Å². The Morgan fingerprint density at radius 3 is 1.63 bits per heavy atom. The van der Waals surface area contributed by atoms with Gasteiger partial charge in [-0.1, -0.05) is 177 Å². The van der Waals surface area contributed by atoms with E-state index in [1.165, 1.54) is 0 Å². The molecule has 0 bridgehead atoms. The summed E-state index contributed by atoms with van der Waals surface area (Å²) in [5.74, 6) is -2.07. The third kappa shape index (κ3) is 10.6. The lowest BCUT2D eigenvalue weighted by Gasteiger charge is -2.49. The molecule has 0 heterocycles. The first-order chi connectivity index (χ1) is 28.2. The molecule has 2 N–H and O–H groups in total. The van der Waals surface area contributed by atoms with Crippen LogP contribution in [0.4, 0.5) is 4.79 Å². The smallest absolute Gasteiger partial charge is 0.407 e. The van der Waals surface area contributed by atoms with Crippen molar-refractivity contribution in [2.45, 2.75) is 128 Å². The third-order valence-corrected chi connectivity index (χ3v) is 19.2. The fraction of sp³-hybridized carbons (Fsp3) is 0.440. The first-order valence-electron chi connectivity index (χ1n) is 21.5. The zero-order valence-electron chi connectivity index (χ0n) is 36.3. The molecule has 0 fully saturated rings. The molecule has 0 aromatic heterocycles. The monoisotopic (exact) mass is 816 g/mol. The normalized spacial score (nSPS) is 15.9. The molecule has 1 aliphatic carbocycles. The predicted molar refractivity (Wildman–Crippen MR) is 239 cm³/mol. The number of amides is 2. The first kappa shape index (κ1) is 45.1. The van der Waals surface area contributed by atoms with Crippen LogP contribution in [0.2, 0.25) is 16.1 Å². The zero-order chi connectivity index (χ0) is 42.7. The molecule has 0 radical (unpaired) electrons. The number of fused-ring (bicyclic) bond motifs is 3. The average molecular weight is 817 g/mol. The fourth-order valence-electron chi connectivity index (χ4n) is 9.23. The van der Waals surface area contributed by atoms with Gasteiger partial charge in [-0.15, -0.1) is 0 Å². The highest BCUT2D eigenvalue weighted by atomic mass is 28.4. The van der Waals surface area contributed by atoms with E-state index in [9.17, 15) is 19.2 Å². The highest BCUT2D eigenvalue weighted by Crippen LogP contribution is 2.53. The van der Waals surface area contributed by atoms with Crippen LogP contribution in [0, 0.1) is 5.92 Å². The highest BCUT2D eigenvalue weighted by Gasteiger charge is 2.56. The van der Waals surface area contributed by atoms with Crippen LogP contribution in [-0.2, 0) is 36.4 Å². The Morgan fingerprint density at radius 2 is 1.14 bits per heavy atom. The van der Waals surface area contributed by atoms with Crippen LogP contribution < -0.4 is 10.6 Å². The molecule has 1 aliphatic rings. The summed E-state index contributed by atoms with van der Waals surface area (Å²) in [5, 5.41) is 5.63. The molecule has 0 aliphatic heterocycles. The molecule has 59 heavy (non-hydrogen) atoms. The van der Waals surface area contributed by atoms with Crippen LogP contribution in [0.1, 0.15) is 109 Å². The van der Waals surface area contributed by atoms with Crippen LogP contribution in [0.5, 0.6) is 0 Å². The van der Waals surface area contributed by atoms with Crippen molar-refractivity contribution in [3.8, 4) is 11.1 Å². The highest BCUT2D eigenvalue weighted by molar-refractivity contribution is 6.80. The summed E-state index contributed by atoms with van der Waals surface area (Å²) in [6.45, 7) is 17.2. The van der Waals surface area contributed by atoms with Crippen LogP contribution in [0.25, 0.3) is 11.1 Å². The molecule has 2 amide bonds. The van der Waals surface area contributed by atoms with Crippen molar-refractivity contribution in [3.05, 3.63) is 131 Å². The summed E-state index contributed by atoms with van der Waals surface area (Å²) in [6, 6.07) is 33.6. The topological polar surface area (TPSA) is 111 Å². The minimum atomic E-state index is -2.81. The molecule has 0 spiro atoms. The molecule has 4 aromatic rings. The van der Waals surface area contributed by atoms with Gasteiger partial charge in [0.15, 0.2) is 5.78 Å². The Hall–Kier alpha value is -5.02. The van der Waals surface area contributed by atoms with Gasteiger partial charge in [0, 0.05) is 24.7 Å². The van der Waals surface area contributed by atoms with Gasteiger partial charge in [-0.25, -0.2) is 4.79 Å². The Labute approximate surface area is 353 Å². The number of benzene rings is 4. The molecule has 8 nitrogen and oxygen atoms in total. The van der Waals surface area contributed by atoms with E-state index in [0.717, 1.165) is 46.2 Å². The SMILES string of the molecule is CCC(C)[Si](OC(=O)[C@H](Cc1ccccc1)NC(=O)[C@@H](CC(=O)[C@H](CC)NC(=O)OCC1c2ccccc2-c2ccccc21)Cc1ccccc1)(C(C)CC)C(C)(C)C. The Bertz CT molecular complexity index is 1970. The number of ketones is 1. The number of hydrogen-bond donors (Lipinski definition) is 2. The second-order valence-electron chi connectivity index (χ2n) is 17.3. The van der Waals surface area contributed by atoms with Gasteiger partial charge in [-0.2, -0.15) is 0 Å². The minimum Gasteiger partial charge on any atom is -0.516 e. The number of Topliss-reactive ketones (excluding diaryl/α,β-unsaturated/α-hetero) is 1. The molecule has 0 saturated carbocycles. The second-order valence-corrected chi connectivity index (χ2v) is 22.6. The lowest BCUT2D eigenvalue weighted by molar-refractivity contribution is -0.141. The lowest BCUT2D eigenvalue weighted by Crippen LogP contribution is -2.58. The summed E-state index contributed by atoms with van der Waals surface area (Å²) in [6.07, 6.45) is 1.76. The molecule has 0 saturated heterocycles. The number of nitrogens with one attached hydrogen (secondary N) is 2. The number of hydrogen-bond acceptors (Lipinski definition) is 6. The van der Waals surface area contributed by atoms with E-state index in [0.29, 0.717) is 6.42 Å². The van der Waals surface area contributed by atoms with E-state index < -0.39 is 44.3 Å². The van der Waals surface area contributed by atoms with Gasteiger partial charge in [0.2, 0.25) is 5.91 Å². The maximum atomic E-state index is 14.6. The number of carbonyl (C=O) groups is 4. The maximum absolute atomic E-state index is 14.6. The van der Waals surface area contributed by atoms with Gasteiger partial charge in [-0.05, 0) is 62.3 Å². The molecule has 2 unspecified atom stereocenters. The maximum Gasteiger partial charge on any atom is 0.407 e. The number of alkyl carbamates (subject to hydrolysis) is 1. The Balaban J connectivity index is 1.35. The van der Waals surface area contributed by atoms with Crippen molar-refractivity contribution < 1.29 is 28.3 Å². The summed E-state index contributed by atoms with van der Waals surface area (Å²) >= 11 is 0. The van der Waals surface area contributed by atoms with Crippen molar-refractivity contribution in [2.75, 3.05) is 6.61 Å². The molecule has 5 atom stereocenters. The van der Waals surface area contributed by atoms with Crippen LogP contribution in [-0.4, -0.2) is 50.8 Å². The van der Waals surface area contributed by atoms with Gasteiger partial charge in [0.05, 0.1) is 6.04 Å². The van der Waals surface area contributed by atoms with Crippen molar-refractivity contribution in [1.29, 1.82) is 0 Å². The number of ether oxygens (including phenoxy) is 1. The van der Waals surface area contributed by atoms with Crippen molar-refractivity contribution >= 4 is 32.1 Å². The molecular formula is C50H64N2O6Si. The fourth-order valence-corrected chi connectivity index (χ4v) is 15.6. The first-order valence-corrected chi connectivity index (χ1v) is 23.5. The lowest BCUT2D eigenvalue weighted by atomic mass is 9.90. The van der Waals surface area contributed by atoms with Gasteiger partial charge >= 0.3 is 12.1 Å². The number of rotatable bonds is 19. The average Bonchev–Trinajstić information content (AvgIpc) is 3.56. The second kappa shape index (κ2) is 20.3. The van der Waals surface area contributed by atoms with E-state index >= 15 is 0 Å². The van der Waals surface area contributed by atoms with E-state index in [1.54, 1.807) is 0 Å². The standard InChI is InChI=1S/C50H64N2O6Si/c1-9-34(4)59(35(5)10-2,50(6,7)8)58-48(55)45(31-37-24-16-13-17-25-37)51-47(54)38(30-36-22-14-12-15-23-36)32-46(53)44(11-3)52-49(56)57-33-43-41-28-20-18-26-39(41)40-27-19-21-29-42(40)43/h12-29,34-35,38,43-45H,9-11,30-33H2,1-8H3,(H,51,54)(H,52,56)/t34?,35?,38-,44+,45+,59?/m1/s1. The largest absolute Gasteiger partial charge is 0.516 e. The minimum absolute atomic E-state index is 0.120. The summed E-state index contributed by atoms with van der Waals surface area (Å²) in [4.78, 5) is 56.6. The molecule has 314 valence electrons.